The summed E-state index contributed by atoms with van der Waals surface area (Å²) in [5.74, 6) is -1.94. The molecule has 0 spiro atoms. The van der Waals surface area contributed by atoms with Crippen molar-refractivity contribution in [2.24, 2.45) is 5.41 Å². The van der Waals surface area contributed by atoms with Gasteiger partial charge in [0.15, 0.2) is 5.41 Å². The number of hydrogen-bond acceptors (Lipinski definition) is 3. The Balaban J connectivity index is 1.96. The molecule has 0 amide bonds. The number of H-pyrrole nitrogens is 1. The van der Waals surface area contributed by atoms with E-state index in [2.05, 4.69) is 20.9 Å². The van der Waals surface area contributed by atoms with Gasteiger partial charge in [-0.2, -0.15) is 18.4 Å². The minimum Gasteiger partial charge on any atom is -0.363 e. The summed E-state index contributed by atoms with van der Waals surface area (Å²) in [4.78, 5) is 2.09. The number of alkyl halides is 3. The number of fused-ring (bicyclic) bond motifs is 1. The minimum absolute atomic E-state index is 0.0343. The zero-order valence-electron chi connectivity index (χ0n) is 13.8. The first-order valence-corrected chi connectivity index (χ1v) is 10.0. The Morgan fingerprint density at radius 1 is 1.25 bits per heavy atom. The molecule has 1 atom stereocenters. The molecular formula is C16H11BrF5N3O2S. The Morgan fingerprint density at radius 3 is 2.54 bits per heavy atom. The number of anilines is 1. The van der Waals surface area contributed by atoms with Crippen molar-refractivity contribution in [3.8, 4) is 6.07 Å². The van der Waals surface area contributed by atoms with E-state index in [1.165, 1.54) is 6.07 Å². The van der Waals surface area contributed by atoms with Crippen LogP contribution < -0.4 is 4.72 Å². The summed E-state index contributed by atoms with van der Waals surface area (Å²) in [6.45, 7) is 0. The Kier molecular flexibility index (Phi) is 4.95. The summed E-state index contributed by atoms with van der Waals surface area (Å²) in [5, 5.41) is 9.05. The highest BCUT2D eigenvalue weighted by Gasteiger charge is 2.57. The van der Waals surface area contributed by atoms with Gasteiger partial charge in [-0.15, -0.1) is 0 Å². The highest BCUT2D eigenvalue weighted by Crippen LogP contribution is 2.48. The van der Waals surface area contributed by atoms with Crippen molar-refractivity contribution in [2.45, 2.75) is 30.3 Å². The van der Waals surface area contributed by atoms with Crippen molar-refractivity contribution in [1.82, 2.24) is 4.98 Å². The van der Waals surface area contributed by atoms with Crippen LogP contribution in [0.1, 0.15) is 17.7 Å². The summed E-state index contributed by atoms with van der Waals surface area (Å²) in [5.41, 5.74) is -3.21. The molecule has 0 aliphatic heterocycles. The largest absolute Gasteiger partial charge is 0.407 e. The van der Waals surface area contributed by atoms with Crippen molar-refractivity contribution in [2.75, 3.05) is 4.72 Å². The van der Waals surface area contributed by atoms with E-state index < -0.39 is 51.8 Å². The third kappa shape index (κ3) is 3.37. The lowest BCUT2D eigenvalue weighted by atomic mass is 9.74. The maximum Gasteiger partial charge on any atom is 0.407 e. The third-order valence-corrected chi connectivity index (χ3v) is 6.66. The lowest BCUT2D eigenvalue weighted by molar-refractivity contribution is -0.206. The number of nitrogens with zero attached hydrogens (tertiary/aromatic N) is 1. The van der Waals surface area contributed by atoms with Crippen LogP contribution >= 0.6 is 15.9 Å². The monoisotopic (exact) mass is 483 g/mol. The quantitative estimate of drug-likeness (QED) is 0.500. The summed E-state index contributed by atoms with van der Waals surface area (Å²) in [6, 6.07) is 2.68. The average Bonchev–Trinajstić information content (AvgIpc) is 3.02. The van der Waals surface area contributed by atoms with Crippen LogP contribution in [0.3, 0.4) is 0 Å². The van der Waals surface area contributed by atoms with Gasteiger partial charge in [0.2, 0.25) is 0 Å². The topological polar surface area (TPSA) is 85.8 Å². The maximum atomic E-state index is 13.9. The standard InChI is InChI=1S/C16H11BrF5N3O2S/c17-9-3-11(19)12(4-10(9)18)25-28(26,27)14-6-24-13-5-15(7-23,16(20,21)22)2-1-8(13)14/h3-4,6,24-25H,1-2,5H2/t15-/m1/s1. The Morgan fingerprint density at radius 2 is 1.93 bits per heavy atom. The molecule has 1 aliphatic rings. The smallest absolute Gasteiger partial charge is 0.363 e. The number of aromatic amines is 1. The van der Waals surface area contributed by atoms with Crippen molar-refractivity contribution in [3.05, 3.63) is 45.7 Å². The number of halogens is 6. The zero-order chi connectivity index (χ0) is 20.9. The highest BCUT2D eigenvalue weighted by molar-refractivity contribution is 9.10. The molecule has 1 aromatic carbocycles. The van der Waals surface area contributed by atoms with Gasteiger partial charge in [0.05, 0.1) is 16.2 Å². The Labute approximate surface area is 164 Å². The Hall–Kier alpha value is -2.13. The van der Waals surface area contributed by atoms with Crippen LogP contribution in [0.4, 0.5) is 27.6 Å². The molecule has 0 saturated carbocycles. The molecule has 28 heavy (non-hydrogen) atoms. The minimum atomic E-state index is -4.78. The van der Waals surface area contributed by atoms with Gasteiger partial charge in [-0.3, -0.25) is 4.72 Å². The second-order valence-electron chi connectivity index (χ2n) is 6.33. The van der Waals surface area contributed by atoms with E-state index in [1.807, 2.05) is 4.72 Å². The summed E-state index contributed by atoms with van der Waals surface area (Å²) >= 11 is 2.77. The lowest BCUT2D eigenvalue weighted by Crippen LogP contribution is -2.41. The van der Waals surface area contributed by atoms with E-state index in [-0.39, 0.29) is 27.0 Å². The fraction of sp³-hybridized carbons (Fsp3) is 0.312. The van der Waals surface area contributed by atoms with Crippen LogP contribution in [0.25, 0.3) is 0 Å². The number of nitriles is 1. The van der Waals surface area contributed by atoms with Gasteiger partial charge in [0.1, 0.15) is 16.5 Å². The first kappa shape index (κ1) is 20.6. The molecular weight excluding hydrogens is 473 g/mol. The van der Waals surface area contributed by atoms with E-state index >= 15 is 0 Å². The van der Waals surface area contributed by atoms with Gasteiger partial charge in [-0.1, -0.05) is 0 Å². The van der Waals surface area contributed by atoms with E-state index in [9.17, 15) is 30.4 Å². The summed E-state index contributed by atoms with van der Waals surface area (Å²) in [7, 11) is -4.41. The molecule has 0 saturated heterocycles. The lowest BCUT2D eigenvalue weighted by Gasteiger charge is -2.32. The number of sulfonamides is 1. The van der Waals surface area contributed by atoms with Crippen LogP contribution in [0.5, 0.6) is 0 Å². The molecule has 1 heterocycles. The number of rotatable bonds is 3. The molecule has 150 valence electrons. The summed E-state index contributed by atoms with van der Waals surface area (Å²) in [6.07, 6.45) is -5.45. The molecule has 0 radical (unpaired) electrons. The molecule has 0 unspecified atom stereocenters. The molecule has 5 nitrogen and oxygen atoms in total. The third-order valence-electron chi connectivity index (χ3n) is 4.62. The van der Waals surface area contributed by atoms with Crippen molar-refractivity contribution in [3.63, 3.8) is 0 Å². The van der Waals surface area contributed by atoms with Crippen molar-refractivity contribution >= 4 is 31.6 Å². The molecule has 12 heteroatoms. The van der Waals surface area contributed by atoms with Crippen molar-refractivity contribution in [1.29, 1.82) is 5.26 Å². The Bertz CT molecular complexity index is 1090. The number of benzene rings is 1. The predicted molar refractivity (Wildman–Crippen MR) is 91.8 cm³/mol. The number of nitrogens with one attached hydrogen (secondary N) is 2. The first-order chi connectivity index (χ1) is 12.9. The van der Waals surface area contributed by atoms with Crippen LogP contribution in [0.2, 0.25) is 0 Å². The van der Waals surface area contributed by atoms with Gasteiger partial charge >= 0.3 is 6.18 Å². The van der Waals surface area contributed by atoms with Crippen LogP contribution in [-0.2, 0) is 22.9 Å². The average molecular weight is 484 g/mol. The second-order valence-corrected chi connectivity index (χ2v) is 8.84. The molecule has 3 rings (SSSR count). The van der Waals surface area contributed by atoms with Gasteiger partial charge < -0.3 is 4.98 Å². The summed E-state index contributed by atoms with van der Waals surface area (Å²) < 4.78 is 94.3. The molecule has 2 N–H and O–H groups in total. The molecule has 2 aromatic rings. The van der Waals surface area contributed by atoms with E-state index in [0.29, 0.717) is 6.07 Å². The van der Waals surface area contributed by atoms with Gasteiger partial charge in [0.25, 0.3) is 10.0 Å². The van der Waals surface area contributed by atoms with E-state index in [0.717, 1.165) is 12.3 Å². The fourth-order valence-electron chi connectivity index (χ4n) is 3.08. The SMILES string of the molecule is N#C[C@@]1(C(F)(F)F)CCc2c(S(=O)(=O)Nc3cc(F)c(Br)cc3F)c[nH]c2C1. The predicted octanol–water partition coefficient (Wildman–Crippen LogP) is 4.42. The first-order valence-electron chi connectivity index (χ1n) is 7.75. The van der Waals surface area contributed by atoms with Crippen LogP contribution in [0.15, 0.2) is 27.7 Å². The van der Waals surface area contributed by atoms with Crippen LogP contribution in [-0.4, -0.2) is 19.6 Å². The van der Waals surface area contributed by atoms with Crippen molar-refractivity contribution < 1.29 is 30.4 Å². The maximum absolute atomic E-state index is 13.9. The fourth-order valence-corrected chi connectivity index (χ4v) is 4.71. The molecule has 1 aliphatic carbocycles. The van der Waals surface area contributed by atoms with Gasteiger partial charge in [-0.25, -0.2) is 17.2 Å². The highest BCUT2D eigenvalue weighted by atomic mass is 79.9. The van der Waals surface area contributed by atoms with Crippen LogP contribution in [0, 0.1) is 28.4 Å². The molecule has 0 bridgehead atoms. The second kappa shape index (κ2) is 6.73. The molecule has 1 aromatic heterocycles. The number of aromatic nitrogens is 1. The van der Waals surface area contributed by atoms with E-state index in [1.54, 1.807) is 0 Å². The molecule has 0 fully saturated rings. The number of hydrogen-bond donors (Lipinski definition) is 2. The normalized spacial score (nSPS) is 19.8. The zero-order valence-corrected chi connectivity index (χ0v) is 16.2. The van der Waals surface area contributed by atoms with Gasteiger partial charge in [-0.05, 0) is 40.4 Å². The van der Waals surface area contributed by atoms with Gasteiger partial charge in [0, 0.05) is 24.4 Å². The van der Waals surface area contributed by atoms with E-state index in [4.69, 9.17) is 5.26 Å².